The van der Waals surface area contributed by atoms with Crippen LogP contribution in [-0.4, -0.2) is 40.1 Å². The Labute approximate surface area is 212 Å². The van der Waals surface area contributed by atoms with Crippen LogP contribution in [0.5, 0.6) is 0 Å². The standard InChI is InChI=1S/C28H22F2N6O/c1-32-25-12-11-23-27(33-25)24(15-26(37)34(23)2)36-14-13-35(17-22(36)16-31)28(18-3-7-20(29)8-4-18)19-5-9-21(30)10-6-19/h3-12,15,22,28H,13-14,17H2,2H3. The normalized spacial score (nSPS) is 16.1. The number of nitrogens with zero attached hydrogens (tertiary/aromatic N) is 6. The van der Waals surface area contributed by atoms with Crippen LogP contribution in [-0.2, 0) is 7.05 Å². The number of aryl methyl sites for hydroxylation is 1. The van der Waals surface area contributed by atoms with E-state index in [9.17, 15) is 18.8 Å². The molecule has 184 valence electrons. The van der Waals surface area contributed by atoms with Crippen molar-refractivity contribution in [3.63, 3.8) is 0 Å². The number of piperazine rings is 1. The molecule has 1 fully saturated rings. The fourth-order valence-electron chi connectivity index (χ4n) is 4.92. The molecule has 0 radical (unpaired) electrons. The molecule has 0 N–H and O–H groups in total. The number of hydrogen-bond donors (Lipinski definition) is 0. The third kappa shape index (κ3) is 4.53. The summed E-state index contributed by atoms with van der Waals surface area (Å²) in [5.74, 6) is -0.512. The topological polar surface area (TPSA) is 69.5 Å². The monoisotopic (exact) mass is 496 g/mol. The van der Waals surface area contributed by atoms with Gasteiger partial charge < -0.3 is 14.3 Å². The Morgan fingerprint density at radius 3 is 2.22 bits per heavy atom. The van der Waals surface area contributed by atoms with Gasteiger partial charge in [-0.15, -0.1) is 4.98 Å². The number of halogens is 2. The largest absolute Gasteiger partial charge is 0.361 e. The molecule has 0 spiro atoms. The summed E-state index contributed by atoms with van der Waals surface area (Å²) < 4.78 is 28.8. The van der Waals surface area contributed by atoms with Crippen molar-refractivity contribution < 1.29 is 8.78 Å². The summed E-state index contributed by atoms with van der Waals surface area (Å²) in [6.45, 7) is 8.58. The lowest BCUT2D eigenvalue weighted by molar-refractivity contribution is 0.197. The summed E-state index contributed by atoms with van der Waals surface area (Å²) in [6, 6.07) is 18.4. The highest BCUT2D eigenvalue weighted by atomic mass is 19.1. The van der Waals surface area contributed by atoms with Crippen LogP contribution in [0.3, 0.4) is 0 Å². The van der Waals surface area contributed by atoms with E-state index < -0.39 is 6.04 Å². The van der Waals surface area contributed by atoms with Gasteiger partial charge in [-0.05, 0) is 47.5 Å². The second kappa shape index (κ2) is 9.81. The minimum Gasteiger partial charge on any atom is -0.361 e. The molecule has 5 rings (SSSR count). The van der Waals surface area contributed by atoms with Crippen LogP contribution in [0.4, 0.5) is 20.3 Å². The zero-order valence-corrected chi connectivity index (χ0v) is 20.0. The van der Waals surface area contributed by atoms with E-state index in [2.05, 4.69) is 20.8 Å². The van der Waals surface area contributed by atoms with E-state index in [0.717, 1.165) is 11.1 Å². The van der Waals surface area contributed by atoms with Gasteiger partial charge in [-0.3, -0.25) is 9.69 Å². The summed E-state index contributed by atoms with van der Waals surface area (Å²) in [7, 11) is 1.64. The molecule has 2 aromatic heterocycles. The number of aromatic nitrogens is 2. The van der Waals surface area contributed by atoms with Gasteiger partial charge in [-0.1, -0.05) is 30.8 Å². The molecule has 3 heterocycles. The SMILES string of the molecule is [C-]#[N+]c1ccc2c(n1)c(N1CCN(C(c3ccc(F)cc3)c3ccc(F)cc3)CC1C#N)cc(=O)n2C. The predicted octanol–water partition coefficient (Wildman–Crippen LogP) is 4.57. The average molecular weight is 497 g/mol. The van der Waals surface area contributed by atoms with Crippen molar-refractivity contribution in [2.75, 3.05) is 24.5 Å². The highest BCUT2D eigenvalue weighted by Crippen LogP contribution is 2.34. The van der Waals surface area contributed by atoms with Gasteiger partial charge >= 0.3 is 0 Å². The molecule has 0 bridgehead atoms. The first-order valence-electron chi connectivity index (χ1n) is 11.7. The van der Waals surface area contributed by atoms with Crippen LogP contribution < -0.4 is 10.5 Å². The molecule has 0 amide bonds. The molecule has 1 aliphatic rings. The van der Waals surface area contributed by atoms with Crippen LogP contribution >= 0.6 is 0 Å². The van der Waals surface area contributed by atoms with Gasteiger partial charge in [-0.25, -0.2) is 8.78 Å². The van der Waals surface area contributed by atoms with Gasteiger partial charge in [0.15, 0.2) is 0 Å². The molecule has 4 aromatic rings. The Morgan fingerprint density at radius 1 is 1.03 bits per heavy atom. The molecule has 9 heteroatoms. The molecule has 1 aliphatic heterocycles. The van der Waals surface area contributed by atoms with E-state index in [1.54, 1.807) is 43.4 Å². The zero-order chi connectivity index (χ0) is 26.1. The van der Waals surface area contributed by atoms with Crippen molar-refractivity contribution in [1.29, 1.82) is 5.26 Å². The van der Waals surface area contributed by atoms with Crippen LogP contribution in [0.15, 0.2) is 71.5 Å². The Morgan fingerprint density at radius 2 is 1.65 bits per heavy atom. The van der Waals surface area contributed by atoms with Crippen LogP contribution in [0, 0.1) is 29.5 Å². The average Bonchev–Trinajstić information content (AvgIpc) is 2.92. The Bertz CT molecular complexity index is 1560. The summed E-state index contributed by atoms with van der Waals surface area (Å²) in [5.41, 5.74) is 2.97. The number of benzene rings is 2. The second-order valence-electron chi connectivity index (χ2n) is 8.91. The van der Waals surface area contributed by atoms with Gasteiger partial charge in [-0.2, -0.15) is 5.26 Å². The van der Waals surface area contributed by atoms with E-state index in [-0.39, 0.29) is 29.1 Å². The first-order valence-corrected chi connectivity index (χ1v) is 11.7. The second-order valence-corrected chi connectivity index (χ2v) is 8.91. The lowest BCUT2D eigenvalue weighted by Crippen LogP contribution is -2.54. The van der Waals surface area contributed by atoms with Gasteiger partial charge in [0.25, 0.3) is 11.4 Å². The van der Waals surface area contributed by atoms with Gasteiger partial charge in [0.05, 0.1) is 23.3 Å². The van der Waals surface area contributed by atoms with E-state index in [1.165, 1.54) is 34.9 Å². The summed E-state index contributed by atoms with van der Waals surface area (Å²) in [6.07, 6.45) is 0. The number of pyridine rings is 2. The van der Waals surface area contributed by atoms with Crippen LogP contribution in [0.1, 0.15) is 17.2 Å². The van der Waals surface area contributed by atoms with Crippen molar-refractivity contribution in [1.82, 2.24) is 14.5 Å². The molecule has 1 atom stereocenters. The first-order chi connectivity index (χ1) is 17.9. The smallest absolute Gasteiger partial charge is 0.270 e. The Kier molecular flexibility index (Phi) is 6.39. The third-order valence-electron chi connectivity index (χ3n) is 6.78. The van der Waals surface area contributed by atoms with Gasteiger partial charge in [0.1, 0.15) is 17.7 Å². The van der Waals surface area contributed by atoms with E-state index in [1.807, 2.05) is 4.90 Å². The van der Waals surface area contributed by atoms with Crippen molar-refractivity contribution >= 4 is 22.5 Å². The van der Waals surface area contributed by atoms with Crippen molar-refractivity contribution in [2.24, 2.45) is 7.05 Å². The molecule has 0 aliphatic carbocycles. The van der Waals surface area contributed by atoms with Crippen molar-refractivity contribution in [3.8, 4) is 6.07 Å². The summed E-state index contributed by atoms with van der Waals surface area (Å²) in [5, 5.41) is 10.2. The summed E-state index contributed by atoms with van der Waals surface area (Å²) >= 11 is 0. The number of rotatable bonds is 4. The number of anilines is 1. The maximum Gasteiger partial charge on any atom is 0.270 e. The molecule has 0 saturated carbocycles. The lowest BCUT2D eigenvalue weighted by atomic mass is 9.95. The first kappa shape index (κ1) is 24.1. The zero-order valence-electron chi connectivity index (χ0n) is 20.0. The maximum atomic E-state index is 13.7. The van der Waals surface area contributed by atoms with Crippen LogP contribution in [0.25, 0.3) is 15.9 Å². The molecule has 37 heavy (non-hydrogen) atoms. The fourth-order valence-corrected chi connectivity index (χ4v) is 4.92. The van der Waals surface area contributed by atoms with Crippen molar-refractivity contribution in [3.05, 3.63) is 111 Å². The molecular formula is C28H22F2N6O. The van der Waals surface area contributed by atoms with Gasteiger partial charge in [0, 0.05) is 32.7 Å². The van der Waals surface area contributed by atoms with Gasteiger partial charge in [0.2, 0.25) is 5.52 Å². The van der Waals surface area contributed by atoms with Crippen LogP contribution in [0.2, 0.25) is 0 Å². The van der Waals surface area contributed by atoms with E-state index in [0.29, 0.717) is 36.4 Å². The number of fused-ring (bicyclic) bond motifs is 1. The molecule has 1 unspecified atom stereocenters. The number of hydrogen-bond acceptors (Lipinski definition) is 5. The van der Waals surface area contributed by atoms with E-state index >= 15 is 0 Å². The fraction of sp³-hybridized carbons (Fsp3) is 0.214. The van der Waals surface area contributed by atoms with E-state index in [4.69, 9.17) is 6.57 Å². The minimum atomic E-state index is -0.633. The third-order valence-corrected chi connectivity index (χ3v) is 6.78. The Hall–Kier alpha value is -4.60. The lowest BCUT2D eigenvalue weighted by Gasteiger charge is -2.43. The predicted molar refractivity (Wildman–Crippen MR) is 136 cm³/mol. The highest BCUT2D eigenvalue weighted by molar-refractivity contribution is 5.90. The quantitative estimate of drug-likeness (QED) is 0.388. The van der Waals surface area contributed by atoms with Crippen molar-refractivity contribution in [2.45, 2.75) is 12.1 Å². The highest BCUT2D eigenvalue weighted by Gasteiger charge is 2.34. The molecule has 7 nitrogen and oxygen atoms in total. The summed E-state index contributed by atoms with van der Waals surface area (Å²) in [4.78, 5) is 24.6. The molecule has 2 aromatic carbocycles. The Balaban J connectivity index is 1.54. The molecule has 1 saturated heterocycles. The number of nitriles is 1. The molecular weight excluding hydrogens is 474 g/mol. The maximum absolute atomic E-state index is 13.7. The minimum absolute atomic E-state index is 0.201.